The first-order valence-corrected chi connectivity index (χ1v) is 13.8. The molecule has 218 valence electrons. The maximum atomic E-state index is 13.9. The lowest BCUT2D eigenvalue weighted by Crippen LogP contribution is -2.52. The first-order valence-electron chi connectivity index (χ1n) is 13.8. The lowest BCUT2D eigenvalue weighted by molar-refractivity contribution is -0.152. The number of ether oxygens (including phenoxy) is 1. The van der Waals surface area contributed by atoms with Gasteiger partial charge in [-0.05, 0) is 36.6 Å². The molecular formula is C30H34F2N4O5. The highest BCUT2D eigenvalue weighted by atomic mass is 19.3. The predicted octanol–water partition coefficient (Wildman–Crippen LogP) is 2.73. The molecule has 5 rings (SSSR count). The molecule has 2 unspecified atom stereocenters. The number of piperidine rings is 1. The Kier molecular flexibility index (Phi) is 8.48. The van der Waals surface area contributed by atoms with Gasteiger partial charge in [-0.2, -0.15) is 8.78 Å². The van der Waals surface area contributed by atoms with E-state index in [0.717, 1.165) is 16.7 Å². The number of allylic oxidation sites excluding steroid dienone is 1. The molecule has 3 aliphatic rings. The van der Waals surface area contributed by atoms with Crippen molar-refractivity contribution in [3.63, 3.8) is 0 Å². The molecule has 3 heterocycles. The number of nitrogens with zero attached hydrogens (tertiary/aromatic N) is 3. The van der Waals surface area contributed by atoms with Crippen LogP contribution in [0, 0.1) is 0 Å². The number of alkyl halides is 2. The largest absolute Gasteiger partial charge is 0.489 e. The van der Waals surface area contributed by atoms with Crippen LogP contribution in [0.4, 0.5) is 8.78 Å². The van der Waals surface area contributed by atoms with Crippen molar-refractivity contribution in [2.75, 3.05) is 26.2 Å². The predicted molar refractivity (Wildman–Crippen MR) is 146 cm³/mol. The van der Waals surface area contributed by atoms with Gasteiger partial charge in [0, 0.05) is 56.8 Å². The summed E-state index contributed by atoms with van der Waals surface area (Å²) in [5.41, 5.74) is 3.53. The number of carbonyl (C=O) groups excluding carboxylic acids is 3. The number of amides is 3. The van der Waals surface area contributed by atoms with Crippen molar-refractivity contribution in [2.24, 2.45) is 0 Å². The number of hydrogen-bond donors (Lipinski definition) is 2. The van der Waals surface area contributed by atoms with E-state index in [2.05, 4.69) is 10.2 Å². The van der Waals surface area contributed by atoms with Gasteiger partial charge in [-0.3, -0.25) is 29.5 Å². The van der Waals surface area contributed by atoms with E-state index in [1.807, 2.05) is 42.5 Å². The minimum absolute atomic E-state index is 0.237. The highest BCUT2D eigenvalue weighted by molar-refractivity contribution is 6.00. The van der Waals surface area contributed by atoms with Crippen molar-refractivity contribution < 1.29 is 33.0 Å². The second-order valence-electron chi connectivity index (χ2n) is 10.6. The Hall–Kier alpha value is -3.67. The number of nitrogens with one attached hydrogen (secondary N) is 1. The fourth-order valence-electron chi connectivity index (χ4n) is 5.62. The van der Waals surface area contributed by atoms with Gasteiger partial charge in [-0.1, -0.05) is 42.5 Å². The van der Waals surface area contributed by atoms with Gasteiger partial charge < -0.3 is 14.7 Å². The zero-order valence-corrected chi connectivity index (χ0v) is 22.9. The number of carbonyl (C=O) groups is 3. The second kappa shape index (κ2) is 12.1. The zero-order chi connectivity index (χ0) is 29.1. The molecule has 0 aliphatic carbocycles. The van der Waals surface area contributed by atoms with Crippen molar-refractivity contribution in [3.05, 3.63) is 76.9 Å². The Morgan fingerprint density at radius 2 is 1.80 bits per heavy atom. The summed E-state index contributed by atoms with van der Waals surface area (Å²) in [6.07, 6.45) is 1.47. The maximum Gasteiger partial charge on any atom is 0.343 e. The number of halogens is 2. The lowest BCUT2D eigenvalue weighted by atomic mass is 10.0. The van der Waals surface area contributed by atoms with Gasteiger partial charge in [0.25, 0.3) is 5.91 Å². The van der Waals surface area contributed by atoms with E-state index >= 15 is 0 Å². The van der Waals surface area contributed by atoms with Gasteiger partial charge in [-0.25, -0.2) is 0 Å². The first-order chi connectivity index (χ1) is 19.7. The number of piperazine rings is 1. The summed E-state index contributed by atoms with van der Waals surface area (Å²) in [5.74, 6) is -4.68. The van der Waals surface area contributed by atoms with E-state index in [0.29, 0.717) is 56.6 Å². The van der Waals surface area contributed by atoms with Crippen LogP contribution in [0.25, 0.3) is 0 Å². The fourth-order valence-corrected chi connectivity index (χ4v) is 5.62. The minimum atomic E-state index is -3.47. The molecule has 3 amide bonds. The van der Waals surface area contributed by atoms with Gasteiger partial charge in [0.1, 0.15) is 18.6 Å². The van der Waals surface area contributed by atoms with Gasteiger partial charge in [0.05, 0.1) is 6.04 Å². The molecule has 0 aromatic heterocycles. The summed E-state index contributed by atoms with van der Waals surface area (Å²) in [6.45, 7) is 4.32. The average molecular weight is 569 g/mol. The molecule has 2 aromatic rings. The molecular weight excluding hydrogens is 534 g/mol. The van der Waals surface area contributed by atoms with Crippen LogP contribution in [0.15, 0.2) is 54.6 Å². The second-order valence-corrected chi connectivity index (χ2v) is 10.6. The third kappa shape index (κ3) is 6.32. The number of hydrogen-bond acceptors (Lipinski definition) is 7. The molecule has 41 heavy (non-hydrogen) atoms. The van der Waals surface area contributed by atoms with Gasteiger partial charge >= 0.3 is 5.92 Å². The molecule has 3 aliphatic heterocycles. The van der Waals surface area contributed by atoms with Crippen LogP contribution in [0.1, 0.15) is 48.2 Å². The van der Waals surface area contributed by atoms with E-state index in [4.69, 9.17) is 4.74 Å². The first kappa shape index (κ1) is 28.8. The lowest BCUT2D eigenvalue weighted by Gasteiger charge is -2.35. The summed E-state index contributed by atoms with van der Waals surface area (Å²) >= 11 is 0. The van der Waals surface area contributed by atoms with Crippen molar-refractivity contribution in [2.45, 2.75) is 57.7 Å². The number of imide groups is 1. The highest BCUT2D eigenvalue weighted by Gasteiger charge is 2.41. The number of benzene rings is 2. The summed E-state index contributed by atoms with van der Waals surface area (Å²) < 4.78 is 34.0. The van der Waals surface area contributed by atoms with E-state index in [1.165, 1.54) is 17.9 Å². The van der Waals surface area contributed by atoms with Crippen molar-refractivity contribution in [3.8, 4) is 5.75 Å². The molecule has 2 atom stereocenters. The third-order valence-electron chi connectivity index (χ3n) is 7.86. The van der Waals surface area contributed by atoms with Crippen LogP contribution in [0.2, 0.25) is 0 Å². The Morgan fingerprint density at radius 1 is 1.10 bits per heavy atom. The Balaban J connectivity index is 1.14. The molecule has 2 saturated heterocycles. The van der Waals surface area contributed by atoms with Crippen LogP contribution in [-0.2, 0) is 34.1 Å². The van der Waals surface area contributed by atoms with Gasteiger partial charge in [0.15, 0.2) is 0 Å². The van der Waals surface area contributed by atoms with Crippen molar-refractivity contribution >= 4 is 17.7 Å². The standard InChI is InChI=1S/C30H34F2N4O5/c1-2-12-30(31,32)29(40)35-15-13-34(14-16-35)17-20-6-8-21(9-7-20)19-41-25-5-3-4-22-23(25)18-36(28(22)39)24-10-11-26(37)33-27(24)38/h2-9,12,24,28,39H,10-11,13-19H2,1H3,(H,33,37,38)/b12-2+. The third-order valence-corrected chi connectivity index (χ3v) is 7.86. The van der Waals surface area contributed by atoms with E-state index in [1.54, 1.807) is 4.90 Å². The molecule has 0 bridgehead atoms. The average Bonchev–Trinajstić information content (AvgIpc) is 3.29. The molecule has 9 nitrogen and oxygen atoms in total. The van der Waals surface area contributed by atoms with Gasteiger partial charge in [-0.15, -0.1) is 0 Å². The topological polar surface area (TPSA) is 102 Å². The van der Waals surface area contributed by atoms with E-state index in [9.17, 15) is 28.3 Å². The summed E-state index contributed by atoms with van der Waals surface area (Å²) in [6, 6.07) is 12.8. The number of aliphatic hydroxyl groups excluding tert-OH is 1. The van der Waals surface area contributed by atoms with Crippen molar-refractivity contribution in [1.82, 2.24) is 20.0 Å². The summed E-state index contributed by atoms with van der Waals surface area (Å²) in [4.78, 5) is 41.1. The molecule has 2 N–H and O–H groups in total. The van der Waals surface area contributed by atoms with Gasteiger partial charge in [0.2, 0.25) is 11.8 Å². The normalized spacial score (nSPS) is 22.2. The number of aliphatic hydroxyl groups is 1. The van der Waals surface area contributed by atoms with Crippen LogP contribution >= 0.6 is 0 Å². The van der Waals surface area contributed by atoms with Crippen LogP contribution in [-0.4, -0.2) is 75.7 Å². The maximum absolute atomic E-state index is 13.9. The SMILES string of the molecule is C/C=C/C(F)(F)C(=O)N1CCN(Cc2ccc(COc3cccc4c3CN(C3CCC(=O)NC3=O)C4O)cc2)CC1. The summed E-state index contributed by atoms with van der Waals surface area (Å²) in [7, 11) is 0. The number of fused-ring (bicyclic) bond motifs is 1. The fraction of sp³-hybridized carbons (Fsp3) is 0.433. The smallest absolute Gasteiger partial charge is 0.343 e. The molecule has 11 heteroatoms. The van der Waals surface area contributed by atoms with Crippen LogP contribution in [0.5, 0.6) is 5.75 Å². The Morgan fingerprint density at radius 3 is 2.49 bits per heavy atom. The zero-order valence-electron chi connectivity index (χ0n) is 22.9. The molecule has 2 aromatic carbocycles. The van der Waals surface area contributed by atoms with Crippen LogP contribution < -0.4 is 10.1 Å². The van der Waals surface area contributed by atoms with E-state index in [-0.39, 0.29) is 25.4 Å². The highest BCUT2D eigenvalue weighted by Crippen LogP contribution is 2.39. The molecule has 0 radical (unpaired) electrons. The summed E-state index contributed by atoms with van der Waals surface area (Å²) in [5, 5.41) is 13.2. The molecule has 2 fully saturated rings. The Bertz CT molecular complexity index is 1320. The monoisotopic (exact) mass is 568 g/mol. The molecule has 0 spiro atoms. The molecule has 0 saturated carbocycles. The van der Waals surface area contributed by atoms with Crippen molar-refractivity contribution in [1.29, 1.82) is 0 Å². The quantitative estimate of drug-likeness (QED) is 0.373. The number of rotatable bonds is 8. The Labute approximate surface area is 237 Å². The van der Waals surface area contributed by atoms with Crippen LogP contribution in [0.3, 0.4) is 0 Å². The van der Waals surface area contributed by atoms with E-state index < -0.39 is 30.0 Å². The minimum Gasteiger partial charge on any atom is -0.489 e.